The van der Waals surface area contributed by atoms with Crippen LogP contribution in [0.4, 0.5) is 0 Å². The maximum absolute atomic E-state index is 6.22. The Morgan fingerprint density at radius 3 is 2.75 bits per heavy atom. The number of benzene rings is 2. The van der Waals surface area contributed by atoms with Crippen LogP contribution in [-0.2, 0) is 11.2 Å². The predicted molar refractivity (Wildman–Crippen MR) is 83.3 cm³/mol. The highest BCUT2D eigenvalue weighted by atomic mass is 16.5. The lowest BCUT2D eigenvalue weighted by Crippen LogP contribution is -2.23. The molecule has 0 bridgehead atoms. The second kappa shape index (κ2) is 7.27. The molecule has 0 aliphatic carbocycles. The van der Waals surface area contributed by atoms with Gasteiger partial charge >= 0.3 is 0 Å². The molecule has 0 saturated heterocycles. The van der Waals surface area contributed by atoms with Crippen molar-refractivity contribution in [1.82, 2.24) is 0 Å². The third-order valence-electron chi connectivity index (χ3n) is 3.59. The van der Waals surface area contributed by atoms with Crippen molar-refractivity contribution in [1.29, 1.82) is 0 Å². The van der Waals surface area contributed by atoms with Gasteiger partial charge < -0.3 is 15.2 Å². The SMILES string of the molecule is COCCCC(N)Cc1cccc2ccc(OC)cc12. The molecule has 0 aliphatic rings. The monoisotopic (exact) mass is 273 g/mol. The van der Waals surface area contributed by atoms with Crippen molar-refractivity contribution in [3.8, 4) is 5.75 Å². The number of nitrogens with two attached hydrogens (primary N) is 1. The molecule has 108 valence electrons. The fourth-order valence-corrected chi connectivity index (χ4v) is 2.50. The lowest BCUT2D eigenvalue weighted by molar-refractivity contribution is 0.190. The summed E-state index contributed by atoms with van der Waals surface area (Å²) < 4.78 is 10.4. The number of rotatable bonds is 7. The lowest BCUT2D eigenvalue weighted by Gasteiger charge is -2.14. The van der Waals surface area contributed by atoms with Crippen LogP contribution in [-0.4, -0.2) is 26.9 Å². The zero-order valence-electron chi connectivity index (χ0n) is 12.3. The average molecular weight is 273 g/mol. The molecule has 2 rings (SSSR count). The van der Waals surface area contributed by atoms with Crippen LogP contribution in [0, 0.1) is 0 Å². The maximum atomic E-state index is 6.22. The predicted octanol–water partition coefficient (Wildman–Crippen LogP) is 3.14. The molecule has 0 aliphatic heterocycles. The topological polar surface area (TPSA) is 44.5 Å². The summed E-state index contributed by atoms with van der Waals surface area (Å²) in [6.07, 6.45) is 2.87. The summed E-state index contributed by atoms with van der Waals surface area (Å²) >= 11 is 0. The van der Waals surface area contributed by atoms with E-state index < -0.39 is 0 Å². The maximum Gasteiger partial charge on any atom is 0.119 e. The molecular formula is C17H23NO2. The van der Waals surface area contributed by atoms with Crippen molar-refractivity contribution in [3.63, 3.8) is 0 Å². The van der Waals surface area contributed by atoms with E-state index in [0.717, 1.165) is 31.6 Å². The summed E-state index contributed by atoms with van der Waals surface area (Å²) in [6.45, 7) is 0.775. The van der Waals surface area contributed by atoms with Gasteiger partial charge in [0.05, 0.1) is 7.11 Å². The highest BCUT2D eigenvalue weighted by Gasteiger charge is 2.08. The third-order valence-corrected chi connectivity index (χ3v) is 3.59. The Labute approximate surface area is 120 Å². The van der Waals surface area contributed by atoms with Crippen LogP contribution < -0.4 is 10.5 Å². The Bertz CT molecular complexity index is 554. The van der Waals surface area contributed by atoms with Gasteiger partial charge in [0.1, 0.15) is 5.75 Å². The van der Waals surface area contributed by atoms with Gasteiger partial charge in [0.25, 0.3) is 0 Å². The first-order valence-corrected chi connectivity index (χ1v) is 7.04. The number of hydrogen-bond acceptors (Lipinski definition) is 3. The van der Waals surface area contributed by atoms with Gasteiger partial charge in [-0.05, 0) is 47.7 Å². The molecular weight excluding hydrogens is 250 g/mol. The molecule has 0 saturated carbocycles. The molecule has 2 aromatic rings. The van der Waals surface area contributed by atoms with E-state index in [1.165, 1.54) is 16.3 Å². The molecule has 1 unspecified atom stereocenters. The molecule has 20 heavy (non-hydrogen) atoms. The molecule has 0 heterocycles. The second-order valence-electron chi connectivity index (χ2n) is 5.10. The Balaban J connectivity index is 2.16. The minimum absolute atomic E-state index is 0.168. The van der Waals surface area contributed by atoms with Crippen molar-refractivity contribution in [2.75, 3.05) is 20.8 Å². The Morgan fingerprint density at radius 1 is 1.15 bits per heavy atom. The van der Waals surface area contributed by atoms with Crippen molar-refractivity contribution < 1.29 is 9.47 Å². The van der Waals surface area contributed by atoms with Gasteiger partial charge in [-0.2, -0.15) is 0 Å². The van der Waals surface area contributed by atoms with Gasteiger partial charge in [-0.15, -0.1) is 0 Å². The number of fused-ring (bicyclic) bond motifs is 1. The normalized spacial score (nSPS) is 12.6. The molecule has 0 fully saturated rings. The summed E-state index contributed by atoms with van der Waals surface area (Å²) in [5.74, 6) is 0.887. The van der Waals surface area contributed by atoms with Crippen molar-refractivity contribution in [2.45, 2.75) is 25.3 Å². The number of ether oxygens (including phenoxy) is 2. The zero-order chi connectivity index (χ0) is 14.4. The van der Waals surface area contributed by atoms with Gasteiger partial charge in [-0.3, -0.25) is 0 Å². The van der Waals surface area contributed by atoms with Crippen LogP contribution >= 0.6 is 0 Å². The molecule has 1 atom stereocenters. The third kappa shape index (κ3) is 3.71. The second-order valence-corrected chi connectivity index (χ2v) is 5.10. The lowest BCUT2D eigenvalue weighted by atomic mass is 9.97. The van der Waals surface area contributed by atoms with E-state index in [-0.39, 0.29) is 6.04 Å². The Hall–Kier alpha value is -1.58. The van der Waals surface area contributed by atoms with Crippen molar-refractivity contribution in [3.05, 3.63) is 42.0 Å². The first-order chi connectivity index (χ1) is 9.74. The summed E-state index contributed by atoms with van der Waals surface area (Å²) in [4.78, 5) is 0. The molecule has 2 N–H and O–H groups in total. The van der Waals surface area contributed by atoms with E-state index in [2.05, 4.69) is 30.3 Å². The van der Waals surface area contributed by atoms with E-state index >= 15 is 0 Å². The van der Waals surface area contributed by atoms with Crippen LogP contribution in [0.3, 0.4) is 0 Å². The van der Waals surface area contributed by atoms with Crippen LogP contribution in [0.25, 0.3) is 10.8 Å². The molecule has 2 aromatic carbocycles. The van der Waals surface area contributed by atoms with E-state index in [1.54, 1.807) is 14.2 Å². The first kappa shape index (κ1) is 14.8. The highest BCUT2D eigenvalue weighted by molar-refractivity contribution is 5.87. The molecule has 0 spiro atoms. The van der Waals surface area contributed by atoms with E-state index in [1.807, 2.05) is 6.07 Å². The molecule has 3 nitrogen and oxygen atoms in total. The number of hydrogen-bond donors (Lipinski definition) is 1. The minimum atomic E-state index is 0.168. The summed E-state index contributed by atoms with van der Waals surface area (Å²) in [7, 11) is 3.42. The fourth-order valence-electron chi connectivity index (χ4n) is 2.50. The molecule has 0 amide bonds. The van der Waals surface area contributed by atoms with E-state index in [4.69, 9.17) is 15.2 Å². The smallest absolute Gasteiger partial charge is 0.119 e. The van der Waals surface area contributed by atoms with E-state index in [9.17, 15) is 0 Å². The van der Waals surface area contributed by atoms with Gasteiger partial charge in [-0.25, -0.2) is 0 Å². The summed E-state index contributed by atoms with van der Waals surface area (Å²) in [5.41, 5.74) is 7.50. The van der Waals surface area contributed by atoms with Gasteiger partial charge in [0.15, 0.2) is 0 Å². The first-order valence-electron chi connectivity index (χ1n) is 7.04. The van der Waals surface area contributed by atoms with Gasteiger partial charge in [-0.1, -0.05) is 24.3 Å². The average Bonchev–Trinajstić information content (AvgIpc) is 2.47. The van der Waals surface area contributed by atoms with Crippen LogP contribution in [0.15, 0.2) is 36.4 Å². The van der Waals surface area contributed by atoms with Crippen LogP contribution in [0.2, 0.25) is 0 Å². The zero-order valence-corrected chi connectivity index (χ0v) is 12.3. The van der Waals surface area contributed by atoms with Crippen molar-refractivity contribution in [2.24, 2.45) is 5.73 Å². The summed E-state index contributed by atoms with van der Waals surface area (Å²) in [6, 6.07) is 12.7. The molecule has 3 heteroatoms. The van der Waals surface area contributed by atoms with Gasteiger partial charge in [0, 0.05) is 19.8 Å². The standard InChI is InChI=1S/C17H23NO2/c1-19-10-4-7-15(18)11-14-6-3-5-13-8-9-16(20-2)12-17(13)14/h3,5-6,8-9,12,15H,4,7,10-11,18H2,1-2H3. The minimum Gasteiger partial charge on any atom is -0.497 e. The molecule has 0 aromatic heterocycles. The van der Waals surface area contributed by atoms with Crippen LogP contribution in [0.1, 0.15) is 18.4 Å². The van der Waals surface area contributed by atoms with Crippen LogP contribution in [0.5, 0.6) is 5.75 Å². The Kier molecular flexibility index (Phi) is 5.39. The van der Waals surface area contributed by atoms with E-state index in [0.29, 0.717) is 0 Å². The molecule has 0 radical (unpaired) electrons. The highest BCUT2D eigenvalue weighted by Crippen LogP contribution is 2.25. The largest absolute Gasteiger partial charge is 0.497 e. The fraction of sp³-hybridized carbons (Fsp3) is 0.412. The number of methoxy groups -OCH3 is 2. The van der Waals surface area contributed by atoms with Crippen molar-refractivity contribution >= 4 is 10.8 Å². The summed E-state index contributed by atoms with van der Waals surface area (Å²) in [5, 5.41) is 2.46. The Morgan fingerprint density at radius 2 is 2.00 bits per heavy atom. The quantitative estimate of drug-likeness (QED) is 0.788. The van der Waals surface area contributed by atoms with Gasteiger partial charge in [0.2, 0.25) is 0 Å².